The quantitative estimate of drug-likeness (QED) is 0.766. The van der Waals surface area contributed by atoms with Crippen LogP contribution in [0.25, 0.3) is 0 Å². The smallest absolute Gasteiger partial charge is 0.248 e. The number of rotatable bonds is 6. The van der Waals surface area contributed by atoms with E-state index in [1.165, 1.54) is 11.2 Å². The number of carbonyl (C=O) groups excluding carboxylic acids is 1. The topological polar surface area (TPSA) is 67.8 Å². The molecular weight excluding hydrogens is 327 g/mol. The Morgan fingerprint density at radius 2 is 2.20 bits per heavy atom. The molecule has 2 rings (SSSR count). The predicted molar refractivity (Wildman–Crippen MR) is 92.0 cm³/mol. The Labute approximate surface area is 148 Å². The van der Waals surface area contributed by atoms with Gasteiger partial charge in [0.15, 0.2) is 11.6 Å². The molecule has 0 radical (unpaired) electrons. The van der Waals surface area contributed by atoms with Crippen molar-refractivity contribution >= 4 is 11.7 Å². The molecule has 0 unspecified atom stereocenters. The van der Waals surface area contributed by atoms with Gasteiger partial charge in [0.05, 0.1) is 24.0 Å². The summed E-state index contributed by atoms with van der Waals surface area (Å²) in [5.74, 6) is -0.205. The maximum Gasteiger partial charge on any atom is 0.248 e. The molecule has 0 spiro atoms. The summed E-state index contributed by atoms with van der Waals surface area (Å²) < 4.78 is 26.1. The summed E-state index contributed by atoms with van der Waals surface area (Å²) in [5.41, 5.74) is -0.0830. The van der Waals surface area contributed by atoms with Crippen LogP contribution in [0.5, 0.6) is 0 Å². The fourth-order valence-corrected chi connectivity index (χ4v) is 2.81. The number of anilines is 1. The van der Waals surface area contributed by atoms with Gasteiger partial charge in [-0.25, -0.2) is 14.4 Å². The van der Waals surface area contributed by atoms with Crippen LogP contribution >= 0.6 is 0 Å². The normalized spacial score (nSPS) is 19.8. The Bertz CT molecular complexity index is 610. The summed E-state index contributed by atoms with van der Waals surface area (Å²) in [5, 5.41) is 0. The highest BCUT2D eigenvalue weighted by molar-refractivity contribution is 5.76. The van der Waals surface area contributed by atoms with Gasteiger partial charge < -0.3 is 19.3 Å². The molecular formula is C17H27FN4O3. The van der Waals surface area contributed by atoms with E-state index < -0.39 is 5.60 Å². The average Bonchev–Trinajstić information content (AvgIpc) is 2.53. The summed E-state index contributed by atoms with van der Waals surface area (Å²) in [6.07, 6.45) is 1.62. The summed E-state index contributed by atoms with van der Waals surface area (Å²) in [7, 11) is 3.35. The lowest BCUT2D eigenvalue weighted by atomic mass is 10.1. The fourth-order valence-electron chi connectivity index (χ4n) is 2.81. The van der Waals surface area contributed by atoms with Crippen LogP contribution in [-0.2, 0) is 20.7 Å². The lowest BCUT2D eigenvalue weighted by Crippen LogP contribution is -2.54. The third-order valence-corrected chi connectivity index (χ3v) is 3.99. The van der Waals surface area contributed by atoms with Crippen molar-refractivity contribution < 1.29 is 18.7 Å². The number of halogens is 1. The van der Waals surface area contributed by atoms with Gasteiger partial charge in [0.25, 0.3) is 0 Å². The van der Waals surface area contributed by atoms with Crippen molar-refractivity contribution in [2.24, 2.45) is 0 Å². The highest BCUT2D eigenvalue weighted by Crippen LogP contribution is 2.27. The first-order chi connectivity index (χ1) is 11.7. The highest BCUT2D eigenvalue weighted by Gasteiger charge is 2.35. The van der Waals surface area contributed by atoms with Crippen LogP contribution in [0.3, 0.4) is 0 Å². The van der Waals surface area contributed by atoms with Gasteiger partial charge in [-0.1, -0.05) is 6.92 Å². The molecule has 140 valence electrons. The number of aromatic nitrogens is 2. The summed E-state index contributed by atoms with van der Waals surface area (Å²) in [6, 6.07) is 0. The van der Waals surface area contributed by atoms with Crippen LogP contribution in [0.4, 0.5) is 10.2 Å². The number of hydrogen-bond acceptors (Lipinski definition) is 6. The molecule has 0 N–H and O–H groups in total. The molecule has 1 atom stereocenters. The van der Waals surface area contributed by atoms with Gasteiger partial charge in [-0.05, 0) is 20.3 Å². The largest absolute Gasteiger partial charge is 0.369 e. The zero-order valence-corrected chi connectivity index (χ0v) is 15.6. The molecule has 0 aliphatic carbocycles. The SMILES string of the molecule is CCc1ncnc(N2C[C@H](COCC(=O)N(C)C)OC(C)(C)C2)c1F. The van der Waals surface area contributed by atoms with Crippen LogP contribution in [-0.4, -0.2) is 72.9 Å². The van der Waals surface area contributed by atoms with Crippen LogP contribution in [0.15, 0.2) is 6.33 Å². The molecule has 1 aliphatic heterocycles. The van der Waals surface area contributed by atoms with Gasteiger partial charge >= 0.3 is 0 Å². The van der Waals surface area contributed by atoms with E-state index in [1.54, 1.807) is 14.1 Å². The number of ether oxygens (including phenoxy) is 2. The van der Waals surface area contributed by atoms with Crippen LogP contribution in [0, 0.1) is 5.82 Å². The second-order valence-electron chi connectivity index (χ2n) is 6.99. The minimum absolute atomic E-state index is 0.00482. The van der Waals surface area contributed by atoms with E-state index in [9.17, 15) is 9.18 Å². The third-order valence-electron chi connectivity index (χ3n) is 3.99. The molecule has 1 saturated heterocycles. The van der Waals surface area contributed by atoms with E-state index in [0.29, 0.717) is 25.2 Å². The first-order valence-corrected chi connectivity index (χ1v) is 8.43. The molecule has 2 heterocycles. The first-order valence-electron chi connectivity index (χ1n) is 8.43. The Hall–Kier alpha value is -1.80. The van der Waals surface area contributed by atoms with Crippen molar-refractivity contribution in [3.63, 3.8) is 0 Å². The second-order valence-corrected chi connectivity index (χ2v) is 6.99. The zero-order valence-electron chi connectivity index (χ0n) is 15.6. The number of nitrogens with zero attached hydrogens (tertiary/aromatic N) is 4. The maximum atomic E-state index is 14.6. The minimum Gasteiger partial charge on any atom is -0.369 e. The van der Waals surface area contributed by atoms with Gasteiger partial charge in [0.2, 0.25) is 5.91 Å². The molecule has 1 fully saturated rings. The first kappa shape index (κ1) is 19.5. The van der Waals surface area contributed by atoms with Crippen molar-refractivity contribution in [2.45, 2.75) is 38.9 Å². The van der Waals surface area contributed by atoms with Gasteiger partial charge in [0, 0.05) is 27.2 Å². The molecule has 1 aromatic heterocycles. The maximum absolute atomic E-state index is 14.6. The number of hydrogen-bond donors (Lipinski definition) is 0. The lowest BCUT2D eigenvalue weighted by molar-refractivity contribution is -0.139. The van der Waals surface area contributed by atoms with E-state index in [0.717, 1.165) is 0 Å². The van der Waals surface area contributed by atoms with Gasteiger partial charge in [0.1, 0.15) is 12.9 Å². The molecule has 7 nitrogen and oxygen atoms in total. The van der Waals surface area contributed by atoms with Crippen molar-refractivity contribution in [2.75, 3.05) is 45.3 Å². The van der Waals surface area contributed by atoms with Crippen molar-refractivity contribution in [1.82, 2.24) is 14.9 Å². The monoisotopic (exact) mass is 354 g/mol. The number of morpholine rings is 1. The number of carbonyl (C=O) groups is 1. The van der Waals surface area contributed by atoms with Crippen LogP contribution in [0.1, 0.15) is 26.5 Å². The van der Waals surface area contributed by atoms with Crippen LogP contribution in [0.2, 0.25) is 0 Å². The van der Waals surface area contributed by atoms with E-state index in [2.05, 4.69) is 9.97 Å². The standard InChI is InChI=1S/C17H27FN4O3/c1-6-13-15(18)16(20-11-19-13)22-7-12(25-17(2,3)10-22)8-24-9-14(23)21(4)5/h11-12H,6-10H2,1-5H3/t12-/m1/s1. The van der Waals surface area contributed by atoms with Crippen molar-refractivity contribution in [1.29, 1.82) is 0 Å². The average molecular weight is 354 g/mol. The molecule has 0 aromatic carbocycles. The van der Waals surface area contributed by atoms with Crippen LogP contribution < -0.4 is 4.90 Å². The van der Waals surface area contributed by atoms with E-state index in [1.807, 2.05) is 25.7 Å². The summed E-state index contributed by atoms with van der Waals surface area (Å²) >= 11 is 0. The predicted octanol–water partition coefficient (Wildman–Crippen LogP) is 1.27. The van der Waals surface area contributed by atoms with Gasteiger partial charge in [-0.2, -0.15) is 0 Å². The number of amides is 1. The minimum atomic E-state index is -0.485. The van der Waals surface area contributed by atoms with E-state index in [-0.39, 0.29) is 36.9 Å². The fraction of sp³-hybridized carbons (Fsp3) is 0.706. The molecule has 0 bridgehead atoms. The van der Waals surface area contributed by atoms with Gasteiger partial charge in [-0.3, -0.25) is 4.79 Å². The lowest BCUT2D eigenvalue weighted by Gasteiger charge is -2.43. The summed E-state index contributed by atoms with van der Waals surface area (Å²) in [6.45, 7) is 6.95. The highest BCUT2D eigenvalue weighted by atomic mass is 19.1. The Kier molecular flexibility index (Phi) is 6.29. The Balaban J connectivity index is 2.07. The second kappa shape index (κ2) is 8.05. The third kappa shape index (κ3) is 5.09. The van der Waals surface area contributed by atoms with E-state index >= 15 is 0 Å². The zero-order chi connectivity index (χ0) is 18.6. The molecule has 0 saturated carbocycles. The Morgan fingerprint density at radius 3 is 2.84 bits per heavy atom. The Morgan fingerprint density at radius 1 is 1.48 bits per heavy atom. The molecule has 8 heteroatoms. The molecule has 1 aliphatic rings. The number of likely N-dealkylation sites (N-methyl/N-ethyl adjacent to an activating group) is 1. The van der Waals surface area contributed by atoms with Crippen molar-refractivity contribution in [3.8, 4) is 0 Å². The van der Waals surface area contributed by atoms with Gasteiger partial charge in [-0.15, -0.1) is 0 Å². The molecule has 1 aromatic rings. The number of aryl methyl sites for hydroxylation is 1. The molecule has 25 heavy (non-hydrogen) atoms. The summed E-state index contributed by atoms with van der Waals surface area (Å²) in [4.78, 5) is 23.0. The van der Waals surface area contributed by atoms with Crippen molar-refractivity contribution in [3.05, 3.63) is 17.8 Å². The van der Waals surface area contributed by atoms with E-state index in [4.69, 9.17) is 9.47 Å². The molecule has 1 amide bonds.